The molecule has 1 aliphatic rings. The van der Waals surface area contributed by atoms with Crippen molar-refractivity contribution in [2.75, 3.05) is 16.9 Å². The van der Waals surface area contributed by atoms with Crippen LogP contribution in [0.25, 0.3) is 17.3 Å². The van der Waals surface area contributed by atoms with Crippen LogP contribution in [0.15, 0.2) is 77.1 Å². The SMILES string of the molecule is C=N/N=C\N(N)c1ccc(Cl)cc1/C=C/C(=O)N[C@H]1C/C=C/CNC(=O)Nc2ccccc2-c2cnc1[nH]2. The lowest BCUT2D eigenvalue weighted by atomic mass is 10.1. The van der Waals surface area contributed by atoms with E-state index in [0.29, 0.717) is 46.4 Å². The molecule has 0 spiro atoms. The summed E-state index contributed by atoms with van der Waals surface area (Å²) in [4.78, 5) is 33.0. The van der Waals surface area contributed by atoms with Gasteiger partial charge < -0.3 is 20.9 Å². The normalized spacial score (nSPS) is 16.4. The van der Waals surface area contributed by atoms with Crippen molar-refractivity contribution in [2.24, 2.45) is 16.0 Å². The Hall–Kier alpha value is -4.74. The molecule has 0 fully saturated rings. The van der Waals surface area contributed by atoms with Gasteiger partial charge in [0.25, 0.3) is 0 Å². The highest BCUT2D eigenvalue weighted by Crippen LogP contribution is 2.28. The minimum Gasteiger partial charge on any atom is -0.342 e. The van der Waals surface area contributed by atoms with Crippen LogP contribution in [0, 0.1) is 0 Å². The highest BCUT2D eigenvalue weighted by atomic mass is 35.5. The maximum Gasteiger partial charge on any atom is 0.319 e. The van der Waals surface area contributed by atoms with Gasteiger partial charge in [-0.1, -0.05) is 42.0 Å². The average molecular weight is 532 g/mol. The number of anilines is 2. The molecule has 1 atom stereocenters. The first-order valence-corrected chi connectivity index (χ1v) is 12.0. The molecule has 1 aliphatic heterocycles. The van der Waals surface area contributed by atoms with Crippen LogP contribution in [0.1, 0.15) is 23.9 Å². The van der Waals surface area contributed by atoms with E-state index in [4.69, 9.17) is 17.4 Å². The smallest absolute Gasteiger partial charge is 0.319 e. The predicted molar refractivity (Wildman–Crippen MR) is 151 cm³/mol. The number of hydrazine groups is 1. The number of nitrogens with one attached hydrogen (secondary N) is 4. The summed E-state index contributed by atoms with van der Waals surface area (Å²) in [5.41, 5.74) is 3.26. The van der Waals surface area contributed by atoms with Crippen LogP contribution in [0.2, 0.25) is 5.02 Å². The molecule has 3 amide bonds. The zero-order valence-corrected chi connectivity index (χ0v) is 21.0. The van der Waals surface area contributed by atoms with Gasteiger partial charge in [-0.3, -0.25) is 9.80 Å². The van der Waals surface area contributed by atoms with Gasteiger partial charge in [0.05, 0.1) is 29.3 Å². The third-order valence-corrected chi connectivity index (χ3v) is 5.80. The number of imidazole rings is 1. The molecule has 12 heteroatoms. The Morgan fingerprint density at radius 2 is 2.11 bits per heavy atom. The first-order chi connectivity index (χ1) is 18.4. The number of aromatic amines is 1. The number of H-pyrrole nitrogens is 1. The van der Waals surface area contributed by atoms with E-state index in [1.807, 2.05) is 30.4 Å². The maximum absolute atomic E-state index is 13.0. The van der Waals surface area contributed by atoms with Gasteiger partial charge in [0.15, 0.2) is 0 Å². The summed E-state index contributed by atoms with van der Waals surface area (Å²) in [5, 5.41) is 17.4. The van der Waals surface area contributed by atoms with Crippen molar-refractivity contribution in [1.82, 2.24) is 20.6 Å². The number of urea groups is 1. The van der Waals surface area contributed by atoms with Crippen molar-refractivity contribution >= 4 is 54.0 Å². The number of carbonyl (C=O) groups excluding carboxylic acids is 2. The molecule has 2 aromatic carbocycles. The standard InChI is InChI=1S/C26H26ClN9O2/c1-29-32-16-36(28)23-11-10-18(27)14-17(23)9-12-24(37)33-21-8-4-5-13-30-26(38)35-20-7-3-2-6-19(20)22-15-31-25(21)34-22/h2-7,9-12,14-16,21H,1,8,13,28H2,(H,31,34)(H,33,37)(H2,30,35,38)/b5-4+,12-9+,32-16-/t21-/m0/s1. The lowest BCUT2D eigenvalue weighted by Crippen LogP contribution is -2.29. The van der Waals surface area contributed by atoms with E-state index in [-0.39, 0.29) is 11.9 Å². The van der Waals surface area contributed by atoms with E-state index in [1.54, 1.807) is 36.5 Å². The molecule has 4 rings (SSSR count). The quantitative estimate of drug-likeness (QED) is 0.0812. The highest BCUT2D eigenvalue weighted by molar-refractivity contribution is 6.30. The maximum atomic E-state index is 13.0. The number of para-hydroxylation sites is 1. The van der Waals surface area contributed by atoms with Gasteiger partial charge in [-0.25, -0.2) is 15.6 Å². The van der Waals surface area contributed by atoms with Gasteiger partial charge in [-0.15, -0.1) is 5.10 Å². The van der Waals surface area contributed by atoms with E-state index < -0.39 is 6.04 Å². The minimum absolute atomic E-state index is 0.320. The van der Waals surface area contributed by atoms with Gasteiger partial charge in [-0.05, 0) is 36.8 Å². The van der Waals surface area contributed by atoms with E-state index in [0.717, 1.165) is 5.56 Å². The van der Waals surface area contributed by atoms with Crippen LogP contribution in [-0.4, -0.2) is 41.5 Å². The van der Waals surface area contributed by atoms with Gasteiger partial charge >= 0.3 is 6.03 Å². The number of amides is 3. The Morgan fingerprint density at radius 3 is 2.95 bits per heavy atom. The average Bonchev–Trinajstić information content (AvgIpc) is 3.40. The number of rotatable bonds is 6. The number of aromatic nitrogens is 2. The van der Waals surface area contributed by atoms with E-state index in [2.05, 4.69) is 42.8 Å². The number of nitrogens with zero attached hydrogens (tertiary/aromatic N) is 4. The van der Waals surface area contributed by atoms with E-state index in [1.165, 1.54) is 17.4 Å². The lowest BCUT2D eigenvalue weighted by Gasteiger charge is -2.16. The van der Waals surface area contributed by atoms with Crippen LogP contribution in [0.4, 0.5) is 16.2 Å². The molecule has 11 nitrogen and oxygen atoms in total. The third kappa shape index (κ3) is 6.72. The topological polar surface area (TPSA) is 153 Å². The molecule has 1 aromatic heterocycles. The third-order valence-electron chi connectivity index (χ3n) is 5.57. The number of carbonyl (C=O) groups is 2. The number of benzene rings is 2. The summed E-state index contributed by atoms with van der Waals surface area (Å²) in [7, 11) is 0. The Morgan fingerprint density at radius 1 is 1.26 bits per heavy atom. The van der Waals surface area contributed by atoms with Crippen molar-refractivity contribution < 1.29 is 9.59 Å². The first kappa shape index (κ1) is 26.3. The second kappa shape index (κ2) is 12.5. The van der Waals surface area contributed by atoms with E-state index >= 15 is 0 Å². The van der Waals surface area contributed by atoms with Gasteiger partial charge in [0.2, 0.25) is 5.91 Å². The van der Waals surface area contributed by atoms with Crippen molar-refractivity contribution in [3.05, 3.63) is 83.3 Å². The van der Waals surface area contributed by atoms with Crippen LogP contribution in [-0.2, 0) is 4.79 Å². The van der Waals surface area contributed by atoms with Crippen LogP contribution < -0.4 is 26.8 Å². The number of hydrogen-bond donors (Lipinski definition) is 5. The molecule has 0 radical (unpaired) electrons. The van der Waals surface area contributed by atoms with Crippen LogP contribution in [0.5, 0.6) is 0 Å². The largest absolute Gasteiger partial charge is 0.342 e. The second-order valence-electron chi connectivity index (χ2n) is 8.15. The number of halogens is 1. The lowest BCUT2D eigenvalue weighted by molar-refractivity contribution is -0.117. The number of fused-ring (bicyclic) bond motifs is 4. The van der Waals surface area contributed by atoms with Gasteiger partial charge in [-0.2, -0.15) is 5.10 Å². The Labute approximate surface area is 224 Å². The summed E-state index contributed by atoms with van der Waals surface area (Å²) < 4.78 is 0. The molecule has 38 heavy (non-hydrogen) atoms. The summed E-state index contributed by atoms with van der Waals surface area (Å²) >= 11 is 6.16. The fourth-order valence-corrected chi connectivity index (χ4v) is 3.96. The fourth-order valence-electron chi connectivity index (χ4n) is 3.78. The Balaban J connectivity index is 1.57. The molecule has 2 heterocycles. The zero-order valence-electron chi connectivity index (χ0n) is 20.3. The first-order valence-electron chi connectivity index (χ1n) is 11.6. The van der Waals surface area contributed by atoms with Crippen molar-refractivity contribution in [1.29, 1.82) is 0 Å². The monoisotopic (exact) mass is 531 g/mol. The number of hydrogen-bond acceptors (Lipinski definition) is 6. The van der Waals surface area contributed by atoms with Crippen molar-refractivity contribution in [2.45, 2.75) is 12.5 Å². The molecule has 3 aromatic rings. The van der Waals surface area contributed by atoms with Crippen molar-refractivity contribution in [3.63, 3.8) is 0 Å². The molecule has 0 aliphatic carbocycles. The zero-order chi connectivity index (χ0) is 26.9. The van der Waals surface area contributed by atoms with E-state index in [9.17, 15) is 9.59 Å². The van der Waals surface area contributed by atoms with Crippen LogP contribution >= 0.6 is 11.6 Å². The Kier molecular flexibility index (Phi) is 8.65. The Bertz CT molecular complexity index is 1410. The molecule has 6 N–H and O–H groups in total. The van der Waals surface area contributed by atoms with Gasteiger partial charge in [0, 0.05) is 35.5 Å². The van der Waals surface area contributed by atoms with Crippen molar-refractivity contribution in [3.8, 4) is 11.3 Å². The molecule has 0 unspecified atom stereocenters. The molecular formula is C26H26ClN9O2. The molecule has 2 bridgehead atoms. The molecule has 0 saturated carbocycles. The van der Waals surface area contributed by atoms with Crippen LogP contribution in [0.3, 0.4) is 0 Å². The minimum atomic E-state index is -0.454. The second-order valence-corrected chi connectivity index (χ2v) is 8.58. The summed E-state index contributed by atoms with van der Waals surface area (Å²) in [6.45, 7) is 3.61. The summed E-state index contributed by atoms with van der Waals surface area (Å²) in [5.74, 6) is 6.24. The molecular weight excluding hydrogens is 506 g/mol. The molecule has 194 valence electrons. The van der Waals surface area contributed by atoms with Gasteiger partial charge in [0.1, 0.15) is 12.2 Å². The highest BCUT2D eigenvalue weighted by Gasteiger charge is 2.18. The fraction of sp³-hybridized carbons (Fsp3) is 0.115. The summed E-state index contributed by atoms with van der Waals surface area (Å²) in [6.07, 6.45) is 10.1. The molecule has 0 saturated heterocycles. The summed E-state index contributed by atoms with van der Waals surface area (Å²) in [6, 6.07) is 11.7. The number of nitrogens with two attached hydrogens (primary N) is 1. The predicted octanol–water partition coefficient (Wildman–Crippen LogP) is 4.01.